The quantitative estimate of drug-likeness (QED) is 0.832. The predicted molar refractivity (Wildman–Crippen MR) is 112 cm³/mol. The van der Waals surface area contributed by atoms with E-state index in [1.54, 1.807) is 23.5 Å². The Morgan fingerprint density at radius 1 is 1.28 bits per heavy atom. The summed E-state index contributed by atoms with van der Waals surface area (Å²) in [5.74, 6) is -0.349. The molecular formula is C21H25FN4O2S. The van der Waals surface area contributed by atoms with E-state index in [0.29, 0.717) is 18.5 Å². The number of aromatic nitrogens is 1. The molecule has 0 saturated carbocycles. The van der Waals surface area contributed by atoms with Crippen molar-refractivity contribution in [2.24, 2.45) is 5.92 Å². The molecule has 2 heterocycles. The van der Waals surface area contributed by atoms with Gasteiger partial charge in [0.1, 0.15) is 5.82 Å². The first-order valence-electron chi connectivity index (χ1n) is 10.1. The van der Waals surface area contributed by atoms with E-state index < -0.39 is 0 Å². The molecule has 2 aliphatic rings. The van der Waals surface area contributed by atoms with Gasteiger partial charge in [-0.15, -0.1) is 11.3 Å². The van der Waals surface area contributed by atoms with E-state index in [4.69, 9.17) is 4.98 Å². The molecule has 0 radical (unpaired) electrons. The third-order valence-corrected chi connectivity index (χ3v) is 6.78. The third kappa shape index (κ3) is 4.42. The zero-order chi connectivity index (χ0) is 20.4. The Bertz CT molecular complexity index is 908. The first-order chi connectivity index (χ1) is 14.0. The van der Waals surface area contributed by atoms with Gasteiger partial charge in [0, 0.05) is 49.1 Å². The molecule has 6 nitrogen and oxygen atoms in total. The Balaban J connectivity index is 1.37. The van der Waals surface area contributed by atoms with Crippen molar-refractivity contribution in [2.75, 3.05) is 36.4 Å². The largest absolute Gasteiger partial charge is 0.345 e. The lowest BCUT2D eigenvalue weighted by molar-refractivity contribution is -0.131. The van der Waals surface area contributed by atoms with Crippen LogP contribution in [0.15, 0.2) is 24.3 Å². The lowest BCUT2D eigenvalue weighted by atomic mass is 9.90. The minimum absolute atomic E-state index is 0.0668. The maximum absolute atomic E-state index is 13.3. The minimum atomic E-state index is -0.360. The Morgan fingerprint density at radius 2 is 2.07 bits per heavy atom. The van der Waals surface area contributed by atoms with Crippen LogP contribution < -0.4 is 10.2 Å². The highest BCUT2D eigenvalue weighted by atomic mass is 32.1. The van der Waals surface area contributed by atoms with Gasteiger partial charge in [0.15, 0.2) is 5.13 Å². The topological polar surface area (TPSA) is 65.5 Å². The molecule has 2 aromatic rings. The molecule has 0 unspecified atom stereocenters. The number of carbonyl (C=O) groups is 2. The summed E-state index contributed by atoms with van der Waals surface area (Å²) in [6, 6.07) is 5.98. The minimum Gasteiger partial charge on any atom is -0.345 e. The van der Waals surface area contributed by atoms with Crippen molar-refractivity contribution in [3.05, 3.63) is 40.7 Å². The molecule has 0 spiro atoms. The zero-order valence-corrected chi connectivity index (χ0v) is 17.3. The van der Waals surface area contributed by atoms with Gasteiger partial charge in [-0.2, -0.15) is 0 Å². The van der Waals surface area contributed by atoms with Crippen LogP contribution in [0.4, 0.5) is 15.2 Å². The van der Waals surface area contributed by atoms with Crippen LogP contribution in [-0.4, -0.2) is 47.9 Å². The maximum atomic E-state index is 13.3. The molecule has 1 aliphatic carbocycles. The zero-order valence-electron chi connectivity index (χ0n) is 16.5. The summed E-state index contributed by atoms with van der Waals surface area (Å²) in [6.07, 6.45) is 2.74. The van der Waals surface area contributed by atoms with E-state index in [0.717, 1.165) is 54.7 Å². The van der Waals surface area contributed by atoms with Gasteiger partial charge in [-0.1, -0.05) is 13.0 Å². The fourth-order valence-electron chi connectivity index (χ4n) is 3.90. The first kappa shape index (κ1) is 19.8. The standard InChI is InChI=1S/C21H25FN4O2S/c1-2-19(27)25-8-10-26(11-9-25)21-24-17-7-6-14(12-18(17)29-21)20(28)23-16-5-3-4-15(22)13-16/h3-5,13-14H,2,6-12H2,1H3,(H,23,28)/t14-/m0/s1. The van der Waals surface area contributed by atoms with Crippen LogP contribution in [0.1, 0.15) is 30.3 Å². The number of fused-ring (bicyclic) bond motifs is 1. The molecule has 1 aliphatic heterocycles. The highest BCUT2D eigenvalue weighted by Gasteiger charge is 2.29. The van der Waals surface area contributed by atoms with Crippen LogP contribution in [0.3, 0.4) is 0 Å². The van der Waals surface area contributed by atoms with E-state index in [1.807, 2.05) is 11.8 Å². The summed E-state index contributed by atoms with van der Waals surface area (Å²) >= 11 is 1.66. The monoisotopic (exact) mass is 416 g/mol. The number of hydrogen-bond donors (Lipinski definition) is 1. The van der Waals surface area contributed by atoms with Gasteiger partial charge in [-0.25, -0.2) is 9.37 Å². The second-order valence-corrected chi connectivity index (χ2v) is 8.59. The number of benzene rings is 1. The lowest BCUT2D eigenvalue weighted by Gasteiger charge is -2.34. The predicted octanol–water partition coefficient (Wildman–Crippen LogP) is 3.08. The second-order valence-electron chi connectivity index (χ2n) is 7.53. The van der Waals surface area contributed by atoms with Crippen molar-refractivity contribution in [1.29, 1.82) is 0 Å². The van der Waals surface area contributed by atoms with Gasteiger partial charge in [0.2, 0.25) is 11.8 Å². The number of hydrogen-bond acceptors (Lipinski definition) is 5. The number of aryl methyl sites for hydroxylation is 1. The Kier molecular flexibility index (Phi) is 5.80. The van der Waals surface area contributed by atoms with Crippen LogP contribution in [0.2, 0.25) is 0 Å². The van der Waals surface area contributed by atoms with Crippen LogP contribution in [0, 0.1) is 11.7 Å². The van der Waals surface area contributed by atoms with Crippen LogP contribution in [-0.2, 0) is 22.4 Å². The van der Waals surface area contributed by atoms with Crippen LogP contribution in [0.5, 0.6) is 0 Å². The van der Waals surface area contributed by atoms with Crippen molar-refractivity contribution in [2.45, 2.75) is 32.6 Å². The number of anilines is 2. The van der Waals surface area contributed by atoms with Gasteiger partial charge in [0.05, 0.1) is 5.69 Å². The van der Waals surface area contributed by atoms with Gasteiger partial charge in [0.25, 0.3) is 0 Å². The Hall–Kier alpha value is -2.48. The number of amides is 2. The molecule has 2 amide bonds. The van der Waals surface area contributed by atoms with Crippen molar-refractivity contribution < 1.29 is 14.0 Å². The lowest BCUT2D eigenvalue weighted by Crippen LogP contribution is -2.48. The van der Waals surface area contributed by atoms with E-state index >= 15 is 0 Å². The third-order valence-electron chi connectivity index (χ3n) is 5.60. The molecule has 8 heteroatoms. The second kappa shape index (κ2) is 8.49. The average Bonchev–Trinajstić information content (AvgIpc) is 3.16. The molecule has 1 N–H and O–H groups in total. The highest BCUT2D eigenvalue weighted by Crippen LogP contribution is 2.35. The fraction of sp³-hybridized carbons (Fsp3) is 0.476. The van der Waals surface area contributed by atoms with E-state index in [9.17, 15) is 14.0 Å². The van der Waals surface area contributed by atoms with E-state index in [2.05, 4.69) is 10.2 Å². The Labute approximate surface area is 173 Å². The first-order valence-corrected chi connectivity index (χ1v) is 10.9. The van der Waals surface area contributed by atoms with Gasteiger partial charge in [-0.3, -0.25) is 9.59 Å². The van der Waals surface area contributed by atoms with Crippen LogP contribution >= 0.6 is 11.3 Å². The van der Waals surface area contributed by atoms with Gasteiger partial charge >= 0.3 is 0 Å². The SMILES string of the molecule is CCC(=O)N1CCN(c2nc3c(s2)C[C@@H](C(=O)Nc2cccc(F)c2)CC3)CC1. The molecule has 1 atom stereocenters. The number of halogens is 1. The molecule has 1 aromatic carbocycles. The Morgan fingerprint density at radius 3 is 2.79 bits per heavy atom. The summed E-state index contributed by atoms with van der Waals surface area (Å²) in [7, 11) is 0. The molecular weight excluding hydrogens is 391 g/mol. The molecule has 1 aromatic heterocycles. The average molecular weight is 417 g/mol. The summed E-state index contributed by atoms with van der Waals surface area (Å²) in [4.78, 5) is 34.6. The van der Waals surface area contributed by atoms with Crippen molar-refractivity contribution >= 4 is 34.0 Å². The normalized spacial score (nSPS) is 19.0. The number of piperazine rings is 1. The van der Waals surface area contributed by atoms with Crippen molar-refractivity contribution in [1.82, 2.24) is 9.88 Å². The number of rotatable bonds is 4. The van der Waals surface area contributed by atoms with Gasteiger partial charge in [-0.05, 0) is 37.5 Å². The maximum Gasteiger partial charge on any atom is 0.227 e. The molecule has 29 heavy (non-hydrogen) atoms. The highest BCUT2D eigenvalue weighted by molar-refractivity contribution is 7.15. The van der Waals surface area contributed by atoms with Crippen molar-refractivity contribution in [3.63, 3.8) is 0 Å². The van der Waals surface area contributed by atoms with Crippen LogP contribution in [0.25, 0.3) is 0 Å². The molecule has 154 valence electrons. The van der Waals surface area contributed by atoms with E-state index in [-0.39, 0.29) is 23.5 Å². The smallest absolute Gasteiger partial charge is 0.227 e. The molecule has 0 bridgehead atoms. The van der Waals surface area contributed by atoms with E-state index in [1.165, 1.54) is 12.1 Å². The summed E-state index contributed by atoms with van der Waals surface area (Å²) < 4.78 is 13.3. The number of thiazole rings is 1. The van der Waals surface area contributed by atoms with Crippen molar-refractivity contribution in [3.8, 4) is 0 Å². The van der Waals surface area contributed by atoms with Gasteiger partial charge < -0.3 is 15.1 Å². The molecule has 1 fully saturated rings. The molecule has 1 saturated heterocycles. The number of carbonyl (C=O) groups excluding carboxylic acids is 2. The summed E-state index contributed by atoms with van der Waals surface area (Å²) in [5, 5.41) is 3.82. The number of nitrogens with one attached hydrogen (secondary N) is 1. The summed E-state index contributed by atoms with van der Waals surface area (Å²) in [5.41, 5.74) is 1.58. The summed E-state index contributed by atoms with van der Waals surface area (Å²) in [6.45, 7) is 4.94. The number of nitrogens with zero attached hydrogens (tertiary/aromatic N) is 3. The fourth-order valence-corrected chi connectivity index (χ4v) is 5.14. The molecule has 4 rings (SSSR count).